The Morgan fingerprint density at radius 2 is 1.67 bits per heavy atom. The van der Waals surface area contributed by atoms with Gasteiger partial charge in [-0.1, -0.05) is 42.0 Å². The summed E-state index contributed by atoms with van der Waals surface area (Å²) in [6.45, 7) is 3.74. The van der Waals surface area contributed by atoms with Crippen molar-refractivity contribution in [3.05, 3.63) is 65.2 Å². The summed E-state index contributed by atoms with van der Waals surface area (Å²) in [5.74, 6) is -0.439. The van der Waals surface area contributed by atoms with Crippen LogP contribution in [0.15, 0.2) is 48.5 Å². The van der Waals surface area contributed by atoms with E-state index in [4.69, 9.17) is 0 Å². The number of halogens is 3. The van der Waals surface area contributed by atoms with Crippen LogP contribution in [0.4, 0.5) is 13.2 Å². The third-order valence-corrected chi connectivity index (χ3v) is 3.48. The van der Waals surface area contributed by atoms with E-state index in [0.29, 0.717) is 5.56 Å². The lowest BCUT2D eigenvalue weighted by Gasteiger charge is -2.15. The van der Waals surface area contributed by atoms with Gasteiger partial charge in [0.15, 0.2) is 0 Å². The van der Waals surface area contributed by atoms with Crippen LogP contribution in [0.3, 0.4) is 0 Å². The van der Waals surface area contributed by atoms with Gasteiger partial charge in [-0.15, -0.1) is 13.2 Å². The fourth-order valence-electron chi connectivity index (χ4n) is 2.23. The smallest absolute Gasteiger partial charge is 0.406 e. The Balaban J connectivity index is 1.92. The summed E-state index contributed by atoms with van der Waals surface area (Å²) in [4.78, 5) is 12.1. The normalized spacial score (nSPS) is 12.5. The molecule has 24 heavy (non-hydrogen) atoms. The van der Waals surface area contributed by atoms with Crippen LogP contribution in [-0.2, 0) is 11.2 Å². The van der Waals surface area contributed by atoms with E-state index in [1.165, 1.54) is 24.3 Å². The lowest BCUT2D eigenvalue weighted by Crippen LogP contribution is -2.28. The van der Waals surface area contributed by atoms with Crippen LogP contribution >= 0.6 is 0 Å². The number of rotatable bonds is 5. The number of ether oxygens (including phenoxy) is 1. The molecular formula is C18H18F3NO2. The van der Waals surface area contributed by atoms with Gasteiger partial charge in [0, 0.05) is 0 Å². The second-order valence-electron chi connectivity index (χ2n) is 5.57. The van der Waals surface area contributed by atoms with Gasteiger partial charge in [-0.2, -0.15) is 0 Å². The van der Waals surface area contributed by atoms with Crippen LogP contribution in [0.25, 0.3) is 0 Å². The Hall–Kier alpha value is -2.50. The molecule has 2 rings (SSSR count). The highest BCUT2D eigenvalue weighted by Gasteiger charge is 2.31. The minimum Gasteiger partial charge on any atom is -0.406 e. The SMILES string of the molecule is Cc1ccc(CC(=O)NC(C)c2ccc(OC(F)(F)F)cc2)cc1. The predicted octanol–water partition coefficient (Wildman–Crippen LogP) is 4.31. The number of carbonyl (C=O) groups excluding carboxylic acids is 1. The number of amides is 1. The minimum atomic E-state index is -4.71. The van der Waals surface area contributed by atoms with Gasteiger partial charge in [-0.3, -0.25) is 4.79 Å². The van der Waals surface area contributed by atoms with Crippen molar-refractivity contribution < 1.29 is 22.7 Å². The van der Waals surface area contributed by atoms with E-state index in [1.807, 2.05) is 31.2 Å². The molecule has 1 N–H and O–H groups in total. The molecule has 2 aromatic rings. The highest BCUT2D eigenvalue weighted by atomic mass is 19.4. The third-order valence-electron chi connectivity index (χ3n) is 3.48. The van der Waals surface area contributed by atoms with Gasteiger partial charge < -0.3 is 10.1 Å². The summed E-state index contributed by atoms with van der Waals surface area (Å²) in [7, 11) is 0. The number of carbonyl (C=O) groups is 1. The highest BCUT2D eigenvalue weighted by molar-refractivity contribution is 5.79. The van der Waals surface area contributed by atoms with Crippen LogP contribution in [-0.4, -0.2) is 12.3 Å². The van der Waals surface area contributed by atoms with E-state index >= 15 is 0 Å². The first-order valence-corrected chi connectivity index (χ1v) is 7.43. The zero-order valence-electron chi connectivity index (χ0n) is 13.4. The summed E-state index contributed by atoms with van der Waals surface area (Å²) < 4.78 is 40.2. The van der Waals surface area contributed by atoms with Gasteiger partial charge in [0.05, 0.1) is 12.5 Å². The average molecular weight is 337 g/mol. The molecule has 0 saturated carbocycles. The number of aryl methyl sites for hydroxylation is 1. The molecule has 1 atom stereocenters. The van der Waals surface area contributed by atoms with Crippen molar-refractivity contribution >= 4 is 5.91 Å². The van der Waals surface area contributed by atoms with Crippen LogP contribution in [0.1, 0.15) is 29.7 Å². The standard InChI is InChI=1S/C18H18F3NO2/c1-12-3-5-14(6-4-12)11-17(23)22-13(2)15-7-9-16(10-8-15)24-18(19,20)21/h3-10,13H,11H2,1-2H3,(H,22,23). The summed E-state index contributed by atoms with van der Waals surface area (Å²) in [6, 6.07) is 12.8. The predicted molar refractivity (Wildman–Crippen MR) is 84.6 cm³/mol. The second-order valence-corrected chi connectivity index (χ2v) is 5.57. The second kappa shape index (κ2) is 7.38. The molecular weight excluding hydrogens is 319 g/mol. The molecule has 3 nitrogen and oxygen atoms in total. The van der Waals surface area contributed by atoms with Crippen LogP contribution < -0.4 is 10.1 Å². The molecule has 0 fully saturated rings. The van der Waals surface area contributed by atoms with Gasteiger partial charge >= 0.3 is 6.36 Å². The average Bonchev–Trinajstić information content (AvgIpc) is 2.48. The first-order chi connectivity index (χ1) is 11.2. The van der Waals surface area contributed by atoms with Crippen molar-refractivity contribution in [1.82, 2.24) is 5.32 Å². The Bertz CT molecular complexity index is 679. The van der Waals surface area contributed by atoms with E-state index in [2.05, 4.69) is 10.1 Å². The first-order valence-electron chi connectivity index (χ1n) is 7.43. The van der Waals surface area contributed by atoms with Gasteiger partial charge in [-0.05, 0) is 37.1 Å². The van der Waals surface area contributed by atoms with Crippen molar-refractivity contribution in [1.29, 1.82) is 0 Å². The van der Waals surface area contributed by atoms with Gasteiger partial charge in [0.1, 0.15) is 5.75 Å². The van der Waals surface area contributed by atoms with Crippen LogP contribution in [0.5, 0.6) is 5.75 Å². The summed E-state index contributed by atoms with van der Waals surface area (Å²) in [5, 5.41) is 2.83. The number of hydrogen-bond acceptors (Lipinski definition) is 2. The zero-order chi connectivity index (χ0) is 17.7. The van der Waals surface area contributed by atoms with Gasteiger partial charge in [-0.25, -0.2) is 0 Å². The number of alkyl halides is 3. The van der Waals surface area contributed by atoms with Crippen LogP contribution in [0.2, 0.25) is 0 Å². The quantitative estimate of drug-likeness (QED) is 0.883. The fraction of sp³-hybridized carbons (Fsp3) is 0.278. The van der Waals surface area contributed by atoms with Crippen molar-refractivity contribution in [3.63, 3.8) is 0 Å². The summed E-state index contributed by atoms with van der Waals surface area (Å²) in [5.41, 5.74) is 2.72. The van der Waals surface area contributed by atoms with Crippen molar-refractivity contribution in [2.45, 2.75) is 32.7 Å². The molecule has 6 heteroatoms. The molecule has 0 bridgehead atoms. The Morgan fingerprint density at radius 1 is 1.08 bits per heavy atom. The van der Waals surface area contributed by atoms with Crippen molar-refractivity contribution in [2.75, 3.05) is 0 Å². The summed E-state index contributed by atoms with van der Waals surface area (Å²) >= 11 is 0. The molecule has 0 saturated heterocycles. The maximum absolute atomic E-state index is 12.1. The van der Waals surface area contributed by atoms with Crippen LogP contribution in [0, 0.1) is 6.92 Å². The monoisotopic (exact) mass is 337 g/mol. The zero-order valence-corrected chi connectivity index (χ0v) is 13.4. The number of benzene rings is 2. The lowest BCUT2D eigenvalue weighted by molar-refractivity contribution is -0.274. The number of hydrogen-bond donors (Lipinski definition) is 1. The van der Waals surface area contributed by atoms with Crippen molar-refractivity contribution in [3.8, 4) is 5.75 Å². The molecule has 0 aliphatic carbocycles. The minimum absolute atomic E-state index is 0.151. The molecule has 0 aliphatic rings. The fourth-order valence-corrected chi connectivity index (χ4v) is 2.23. The Morgan fingerprint density at radius 3 is 2.21 bits per heavy atom. The molecule has 0 heterocycles. The maximum Gasteiger partial charge on any atom is 0.573 e. The topological polar surface area (TPSA) is 38.3 Å². The largest absolute Gasteiger partial charge is 0.573 e. The molecule has 0 aliphatic heterocycles. The van der Waals surface area contributed by atoms with E-state index in [1.54, 1.807) is 6.92 Å². The molecule has 1 unspecified atom stereocenters. The maximum atomic E-state index is 12.1. The van der Waals surface area contributed by atoms with E-state index in [0.717, 1.165) is 11.1 Å². The highest BCUT2D eigenvalue weighted by Crippen LogP contribution is 2.24. The summed E-state index contributed by atoms with van der Waals surface area (Å²) in [6.07, 6.45) is -4.46. The molecule has 2 aromatic carbocycles. The van der Waals surface area contributed by atoms with Gasteiger partial charge in [0.25, 0.3) is 0 Å². The molecule has 0 spiro atoms. The molecule has 0 radical (unpaired) electrons. The molecule has 128 valence electrons. The molecule has 0 aromatic heterocycles. The molecule has 1 amide bonds. The van der Waals surface area contributed by atoms with Gasteiger partial charge in [0.2, 0.25) is 5.91 Å². The Labute approximate surface area is 138 Å². The first kappa shape index (κ1) is 17.8. The number of nitrogens with one attached hydrogen (secondary N) is 1. The van der Waals surface area contributed by atoms with E-state index in [9.17, 15) is 18.0 Å². The van der Waals surface area contributed by atoms with Crippen molar-refractivity contribution in [2.24, 2.45) is 0 Å². The third kappa shape index (κ3) is 5.61. The van der Waals surface area contributed by atoms with E-state index in [-0.39, 0.29) is 24.1 Å². The Kier molecular flexibility index (Phi) is 5.49. The van der Waals surface area contributed by atoms with E-state index < -0.39 is 6.36 Å². The lowest BCUT2D eigenvalue weighted by atomic mass is 10.1.